The van der Waals surface area contributed by atoms with Gasteiger partial charge in [-0.15, -0.1) is 0 Å². The largest absolute Gasteiger partial charge is 0.323 e. The quantitative estimate of drug-likeness (QED) is 0.408. The van der Waals surface area contributed by atoms with Crippen molar-refractivity contribution >= 4 is 44.8 Å². The van der Waals surface area contributed by atoms with Gasteiger partial charge in [-0.1, -0.05) is 29.4 Å². The lowest BCUT2D eigenvalue weighted by atomic mass is 10.2. The number of benzene rings is 2. The first-order chi connectivity index (χ1) is 14.6. The van der Waals surface area contributed by atoms with Crippen molar-refractivity contribution in [3.05, 3.63) is 75.2 Å². The zero-order valence-corrected chi connectivity index (χ0v) is 18.2. The van der Waals surface area contributed by atoms with Crippen LogP contribution in [0.3, 0.4) is 0 Å². The van der Waals surface area contributed by atoms with Crippen molar-refractivity contribution in [1.82, 2.24) is 9.97 Å². The second-order valence-electron chi connectivity index (χ2n) is 6.26. The maximum atomic E-state index is 13.6. The summed E-state index contributed by atoms with van der Waals surface area (Å²) in [7, 11) is -4.16. The van der Waals surface area contributed by atoms with Crippen LogP contribution in [0.1, 0.15) is 5.56 Å². The number of hydrogen-bond donors (Lipinski definition) is 2. The number of aromatic nitrogens is 2. The minimum atomic E-state index is -4.16. The molecule has 0 unspecified atom stereocenters. The molecule has 3 aromatic rings. The maximum Gasteiger partial charge on any atom is 0.270 e. The molecule has 0 saturated carbocycles. The van der Waals surface area contributed by atoms with Crippen LogP contribution in [0.25, 0.3) is 0 Å². The van der Waals surface area contributed by atoms with E-state index in [0.717, 1.165) is 36.2 Å². The van der Waals surface area contributed by atoms with Crippen LogP contribution < -0.4 is 10.9 Å². The molecule has 2 N–H and O–H groups in total. The van der Waals surface area contributed by atoms with E-state index in [1.54, 1.807) is 6.92 Å². The highest BCUT2D eigenvalue weighted by atomic mass is 35.5. The predicted molar refractivity (Wildman–Crippen MR) is 112 cm³/mol. The first-order valence-corrected chi connectivity index (χ1v) is 11.4. The molecule has 0 bridgehead atoms. The fraction of sp³-hybridized carbons (Fsp3) is 0.105. The van der Waals surface area contributed by atoms with E-state index in [4.69, 9.17) is 11.6 Å². The summed E-state index contributed by atoms with van der Waals surface area (Å²) in [5.41, 5.74) is -0.577. The molecule has 0 radical (unpaired) electrons. The van der Waals surface area contributed by atoms with Gasteiger partial charge < -0.3 is 10.3 Å². The molecule has 162 valence electrons. The molecule has 0 saturated heterocycles. The van der Waals surface area contributed by atoms with Crippen molar-refractivity contribution < 1.29 is 22.0 Å². The summed E-state index contributed by atoms with van der Waals surface area (Å²) < 4.78 is 52.1. The smallest absolute Gasteiger partial charge is 0.270 e. The topological polar surface area (TPSA) is 109 Å². The van der Waals surface area contributed by atoms with Gasteiger partial charge in [0.25, 0.3) is 5.56 Å². The number of aryl methyl sites for hydroxylation is 1. The average molecular weight is 486 g/mol. The van der Waals surface area contributed by atoms with Crippen LogP contribution in [0.2, 0.25) is 5.02 Å². The summed E-state index contributed by atoms with van der Waals surface area (Å²) >= 11 is 6.75. The number of thioether (sulfide) groups is 1. The zero-order chi connectivity index (χ0) is 22.8. The van der Waals surface area contributed by atoms with Crippen molar-refractivity contribution in [3.8, 4) is 0 Å². The van der Waals surface area contributed by atoms with Crippen molar-refractivity contribution in [2.24, 2.45) is 0 Å². The van der Waals surface area contributed by atoms with Crippen LogP contribution in [0.5, 0.6) is 0 Å². The molecule has 12 heteroatoms. The lowest BCUT2D eigenvalue weighted by Crippen LogP contribution is -2.20. The molecule has 1 aromatic heterocycles. The molecular weight excluding hydrogens is 472 g/mol. The Balaban J connectivity index is 1.73. The third-order valence-electron chi connectivity index (χ3n) is 4.03. The molecule has 0 aliphatic heterocycles. The Morgan fingerprint density at radius 1 is 1.23 bits per heavy atom. The van der Waals surface area contributed by atoms with Crippen molar-refractivity contribution in [1.29, 1.82) is 0 Å². The predicted octanol–water partition coefficient (Wildman–Crippen LogP) is 3.57. The molecule has 31 heavy (non-hydrogen) atoms. The molecule has 0 spiro atoms. The number of sulfone groups is 1. The number of nitrogens with one attached hydrogen (secondary N) is 2. The molecule has 1 heterocycles. The fourth-order valence-electron chi connectivity index (χ4n) is 2.41. The number of carbonyl (C=O) groups is 1. The summed E-state index contributed by atoms with van der Waals surface area (Å²) in [6.45, 7) is 1.71. The second-order valence-corrected chi connectivity index (χ2v) is 9.55. The molecule has 3 rings (SSSR count). The van der Waals surface area contributed by atoms with Crippen LogP contribution in [-0.2, 0) is 14.6 Å². The fourth-order valence-corrected chi connectivity index (χ4v) is 4.55. The van der Waals surface area contributed by atoms with E-state index < -0.39 is 37.8 Å². The summed E-state index contributed by atoms with van der Waals surface area (Å²) in [6, 6.07) is 6.70. The molecule has 0 fully saturated rings. The molecule has 1 amide bonds. The van der Waals surface area contributed by atoms with E-state index >= 15 is 0 Å². The summed E-state index contributed by atoms with van der Waals surface area (Å²) in [4.78, 5) is 29.7. The molecule has 2 aromatic carbocycles. The average Bonchev–Trinajstić information content (AvgIpc) is 2.71. The minimum absolute atomic E-state index is 0.0271. The molecule has 0 aliphatic carbocycles. The third kappa shape index (κ3) is 5.30. The van der Waals surface area contributed by atoms with Crippen LogP contribution in [-0.4, -0.2) is 30.0 Å². The van der Waals surface area contributed by atoms with Crippen LogP contribution in [0, 0.1) is 18.6 Å². The minimum Gasteiger partial charge on any atom is -0.323 e. The highest BCUT2D eigenvalue weighted by Crippen LogP contribution is 2.24. The Labute approximate surface area is 184 Å². The van der Waals surface area contributed by atoms with E-state index in [9.17, 15) is 26.8 Å². The van der Waals surface area contributed by atoms with Gasteiger partial charge in [0.05, 0.1) is 22.5 Å². The number of halogens is 3. The van der Waals surface area contributed by atoms with Crippen molar-refractivity contribution in [3.63, 3.8) is 0 Å². The molecular formula is C19H14ClF2N3O4S2. The Bertz CT molecular complexity index is 1330. The first-order valence-electron chi connectivity index (χ1n) is 8.56. The van der Waals surface area contributed by atoms with Gasteiger partial charge in [0, 0.05) is 11.1 Å². The first kappa shape index (κ1) is 22.9. The second kappa shape index (κ2) is 9.16. The van der Waals surface area contributed by atoms with Crippen LogP contribution >= 0.6 is 23.4 Å². The van der Waals surface area contributed by atoms with Crippen LogP contribution in [0.15, 0.2) is 62.3 Å². The van der Waals surface area contributed by atoms with Crippen molar-refractivity contribution in [2.75, 3.05) is 11.1 Å². The standard InChI is InChI=1S/C19H14ClF2N3O4S2/c1-10-2-4-12(7-13(10)20)31(28,29)16-8-23-19(25-18(16)27)30-9-17(26)24-15-6-11(21)3-5-14(15)22/h2-8H,9H2,1H3,(H,24,26)(H,23,25,27). The maximum absolute atomic E-state index is 13.6. The van der Waals surface area contributed by atoms with E-state index in [1.165, 1.54) is 18.2 Å². The highest BCUT2D eigenvalue weighted by molar-refractivity contribution is 7.99. The Morgan fingerprint density at radius 3 is 2.65 bits per heavy atom. The lowest BCUT2D eigenvalue weighted by Gasteiger charge is -2.07. The highest BCUT2D eigenvalue weighted by Gasteiger charge is 2.23. The number of hydrogen-bond acceptors (Lipinski definition) is 6. The Morgan fingerprint density at radius 2 is 1.97 bits per heavy atom. The number of rotatable bonds is 6. The SMILES string of the molecule is Cc1ccc(S(=O)(=O)c2cnc(SCC(=O)Nc3cc(F)ccc3F)[nH]c2=O)cc1Cl. The molecule has 7 nitrogen and oxygen atoms in total. The van der Waals surface area contributed by atoms with E-state index in [1.807, 2.05) is 0 Å². The number of carbonyl (C=O) groups excluding carboxylic acids is 1. The third-order valence-corrected chi connectivity index (χ3v) is 7.07. The van der Waals surface area contributed by atoms with E-state index in [0.29, 0.717) is 5.56 Å². The number of H-pyrrole nitrogens is 1. The van der Waals surface area contributed by atoms with Gasteiger partial charge >= 0.3 is 0 Å². The monoisotopic (exact) mass is 485 g/mol. The lowest BCUT2D eigenvalue weighted by molar-refractivity contribution is -0.113. The number of nitrogens with zero attached hydrogens (tertiary/aromatic N) is 1. The normalized spacial score (nSPS) is 11.4. The van der Waals surface area contributed by atoms with E-state index in [2.05, 4.69) is 15.3 Å². The molecule has 0 atom stereocenters. The van der Waals surface area contributed by atoms with Crippen molar-refractivity contribution in [2.45, 2.75) is 21.9 Å². The number of anilines is 1. The number of amides is 1. The van der Waals surface area contributed by atoms with Gasteiger partial charge in [-0.2, -0.15) is 0 Å². The summed E-state index contributed by atoms with van der Waals surface area (Å²) in [5.74, 6) is -2.50. The van der Waals surface area contributed by atoms with Gasteiger partial charge in [-0.25, -0.2) is 22.2 Å². The zero-order valence-electron chi connectivity index (χ0n) is 15.8. The summed E-state index contributed by atoms with van der Waals surface area (Å²) in [6.07, 6.45) is 0.883. The van der Waals surface area contributed by atoms with Gasteiger partial charge in [-0.3, -0.25) is 9.59 Å². The van der Waals surface area contributed by atoms with Gasteiger partial charge in [0.2, 0.25) is 15.7 Å². The van der Waals surface area contributed by atoms with Gasteiger partial charge in [0.1, 0.15) is 11.6 Å². The number of aromatic amines is 1. The van der Waals surface area contributed by atoms with Gasteiger partial charge in [0.15, 0.2) is 10.1 Å². The Hall–Kier alpha value is -2.76. The Kier molecular flexibility index (Phi) is 6.77. The molecule has 0 aliphatic rings. The summed E-state index contributed by atoms with van der Waals surface area (Å²) in [5, 5.41) is 2.41. The van der Waals surface area contributed by atoms with E-state index in [-0.39, 0.29) is 26.5 Å². The van der Waals surface area contributed by atoms with Gasteiger partial charge in [-0.05, 0) is 36.8 Å². The van der Waals surface area contributed by atoms with Crippen LogP contribution in [0.4, 0.5) is 14.5 Å².